The van der Waals surface area contributed by atoms with Gasteiger partial charge in [0.15, 0.2) is 5.82 Å². The molecule has 66 valence electrons. The van der Waals surface area contributed by atoms with Gasteiger partial charge in [-0.15, -0.1) is 0 Å². The van der Waals surface area contributed by atoms with E-state index in [0.717, 1.165) is 12.3 Å². The number of hydrogen-bond donors (Lipinski definition) is 1. The number of nitrogens with zero attached hydrogens (tertiary/aromatic N) is 1. The van der Waals surface area contributed by atoms with Gasteiger partial charge in [-0.2, -0.15) is 4.39 Å². The maximum Gasteiger partial charge on any atom is 0.215 e. The molecule has 0 aromatic carbocycles. The summed E-state index contributed by atoms with van der Waals surface area (Å²) < 4.78 is 25.2. The first-order chi connectivity index (χ1) is 5.59. The summed E-state index contributed by atoms with van der Waals surface area (Å²) in [6, 6.07) is 0.858. The van der Waals surface area contributed by atoms with Gasteiger partial charge in [-0.1, -0.05) is 0 Å². The Kier molecular flexibility index (Phi) is 2.58. The number of nitrogens with one attached hydrogen (secondary N) is 1. The van der Waals surface area contributed by atoms with E-state index in [-0.39, 0.29) is 11.7 Å². The van der Waals surface area contributed by atoms with Crippen LogP contribution in [0, 0.1) is 11.8 Å². The minimum Gasteiger partial charge on any atom is -0.379 e. The zero-order chi connectivity index (χ0) is 9.14. The van der Waals surface area contributed by atoms with Gasteiger partial charge in [-0.3, -0.25) is 0 Å². The Morgan fingerprint density at radius 1 is 1.42 bits per heavy atom. The highest BCUT2D eigenvalue weighted by Gasteiger charge is 2.04. The third-order valence-corrected chi connectivity index (χ3v) is 1.26. The lowest BCUT2D eigenvalue weighted by molar-refractivity contribution is 0.553. The summed E-state index contributed by atoms with van der Waals surface area (Å²) in [5.74, 6) is -1.42. The zero-order valence-electron chi connectivity index (χ0n) is 6.94. The average Bonchev–Trinajstić information content (AvgIpc) is 1.94. The van der Waals surface area contributed by atoms with Crippen molar-refractivity contribution in [3.8, 4) is 0 Å². The largest absolute Gasteiger partial charge is 0.379 e. The molecule has 0 saturated carbocycles. The van der Waals surface area contributed by atoms with Crippen LogP contribution in [0.2, 0.25) is 0 Å². The summed E-state index contributed by atoms with van der Waals surface area (Å²) in [4.78, 5) is 3.32. The average molecular weight is 172 g/mol. The standard InChI is InChI=1S/C8H10F2N2/c1-5(2)12-7-4-11-8(10)3-6(7)9/h3-5,12H,1-2H3. The molecule has 0 aliphatic rings. The highest BCUT2D eigenvalue weighted by Crippen LogP contribution is 2.13. The van der Waals surface area contributed by atoms with Crippen LogP contribution in [-0.2, 0) is 0 Å². The van der Waals surface area contributed by atoms with Crippen molar-refractivity contribution in [1.29, 1.82) is 0 Å². The van der Waals surface area contributed by atoms with Gasteiger partial charge in [0.25, 0.3) is 0 Å². The van der Waals surface area contributed by atoms with Crippen LogP contribution in [0.25, 0.3) is 0 Å². The Morgan fingerprint density at radius 3 is 2.58 bits per heavy atom. The third kappa shape index (κ3) is 2.15. The Hall–Kier alpha value is -1.19. The smallest absolute Gasteiger partial charge is 0.215 e. The molecule has 0 unspecified atom stereocenters. The lowest BCUT2D eigenvalue weighted by atomic mass is 10.3. The number of aromatic nitrogens is 1. The van der Waals surface area contributed by atoms with E-state index in [4.69, 9.17) is 0 Å². The monoisotopic (exact) mass is 172 g/mol. The van der Waals surface area contributed by atoms with E-state index in [1.165, 1.54) is 0 Å². The van der Waals surface area contributed by atoms with Crippen LogP contribution in [0.5, 0.6) is 0 Å². The fourth-order valence-corrected chi connectivity index (χ4v) is 0.825. The Balaban J connectivity index is 2.86. The molecule has 0 fully saturated rings. The van der Waals surface area contributed by atoms with E-state index in [2.05, 4.69) is 10.3 Å². The molecular formula is C8H10F2N2. The lowest BCUT2D eigenvalue weighted by Crippen LogP contribution is -2.11. The molecule has 0 amide bonds. The molecule has 12 heavy (non-hydrogen) atoms. The van der Waals surface area contributed by atoms with Crippen LogP contribution in [-0.4, -0.2) is 11.0 Å². The molecule has 2 nitrogen and oxygen atoms in total. The summed E-state index contributed by atoms with van der Waals surface area (Å²) in [5, 5.41) is 2.80. The molecule has 4 heteroatoms. The summed E-state index contributed by atoms with van der Waals surface area (Å²) in [6.45, 7) is 3.73. The second kappa shape index (κ2) is 3.47. The maximum atomic E-state index is 12.9. The molecule has 0 spiro atoms. The van der Waals surface area contributed by atoms with Gasteiger partial charge in [-0.25, -0.2) is 9.37 Å². The SMILES string of the molecule is CC(C)Nc1cnc(F)cc1F. The molecule has 1 aromatic rings. The van der Waals surface area contributed by atoms with E-state index in [1.807, 2.05) is 13.8 Å². The molecule has 0 aliphatic heterocycles. The van der Waals surface area contributed by atoms with Gasteiger partial charge in [0.1, 0.15) is 0 Å². The van der Waals surface area contributed by atoms with Crippen LogP contribution in [0.4, 0.5) is 14.5 Å². The van der Waals surface area contributed by atoms with Crippen molar-refractivity contribution in [2.45, 2.75) is 19.9 Å². The van der Waals surface area contributed by atoms with E-state index in [0.29, 0.717) is 0 Å². The minimum absolute atomic E-state index is 0.103. The normalized spacial score (nSPS) is 10.4. The first-order valence-corrected chi connectivity index (χ1v) is 3.67. The van der Waals surface area contributed by atoms with Gasteiger partial charge < -0.3 is 5.32 Å². The maximum absolute atomic E-state index is 12.9. The number of hydrogen-bond acceptors (Lipinski definition) is 2. The first-order valence-electron chi connectivity index (χ1n) is 3.67. The molecule has 0 saturated heterocycles. The van der Waals surface area contributed by atoms with Crippen LogP contribution in [0.3, 0.4) is 0 Å². The van der Waals surface area contributed by atoms with Gasteiger partial charge in [0.2, 0.25) is 5.95 Å². The summed E-state index contributed by atoms with van der Waals surface area (Å²) in [5.41, 5.74) is 0.228. The van der Waals surface area contributed by atoms with Gasteiger partial charge in [0.05, 0.1) is 11.9 Å². The molecular weight excluding hydrogens is 162 g/mol. The Morgan fingerprint density at radius 2 is 2.08 bits per heavy atom. The van der Waals surface area contributed by atoms with E-state index in [9.17, 15) is 8.78 Å². The Labute approximate surface area is 69.6 Å². The molecule has 0 atom stereocenters. The number of rotatable bonds is 2. The predicted molar refractivity (Wildman–Crippen MR) is 42.9 cm³/mol. The number of anilines is 1. The van der Waals surface area contributed by atoms with Crippen molar-refractivity contribution in [2.24, 2.45) is 0 Å². The quantitative estimate of drug-likeness (QED) is 0.691. The third-order valence-electron chi connectivity index (χ3n) is 1.26. The summed E-state index contributed by atoms with van der Waals surface area (Å²) >= 11 is 0. The van der Waals surface area contributed by atoms with Gasteiger partial charge >= 0.3 is 0 Å². The fourth-order valence-electron chi connectivity index (χ4n) is 0.825. The lowest BCUT2D eigenvalue weighted by Gasteiger charge is -2.09. The molecule has 1 heterocycles. The van der Waals surface area contributed by atoms with Crippen LogP contribution in [0.1, 0.15) is 13.8 Å². The van der Waals surface area contributed by atoms with Crippen molar-refractivity contribution in [2.75, 3.05) is 5.32 Å². The topological polar surface area (TPSA) is 24.9 Å². The zero-order valence-corrected chi connectivity index (χ0v) is 6.94. The number of halogens is 2. The van der Waals surface area contributed by atoms with Gasteiger partial charge in [-0.05, 0) is 13.8 Å². The van der Waals surface area contributed by atoms with Crippen molar-refractivity contribution < 1.29 is 8.78 Å². The highest BCUT2D eigenvalue weighted by atomic mass is 19.1. The second-order valence-electron chi connectivity index (χ2n) is 2.79. The number of pyridine rings is 1. The van der Waals surface area contributed by atoms with Crippen LogP contribution >= 0.6 is 0 Å². The predicted octanol–water partition coefficient (Wildman–Crippen LogP) is 2.18. The van der Waals surface area contributed by atoms with E-state index >= 15 is 0 Å². The molecule has 1 rings (SSSR count). The highest BCUT2D eigenvalue weighted by molar-refractivity contribution is 5.42. The van der Waals surface area contributed by atoms with Crippen molar-refractivity contribution >= 4 is 5.69 Å². The van der Waals surface area contributed by atoms with Crippen molar-refractivity contribution in [1.82, 2.24) is 4.98 Å². The molecule has 1 N–H and O–H groups in total. The first kappa shape index (κ1) is 8.90. The van der Waals surface area contributed by atoms with Crippen molar-refractivity contribution in [3.63, 3.8) is 0 Å². The minimum atomic E-state index is -0.804. The molecule has 1 aromatic heterocycles. The van der Waals surface area contributed by atoms with Gasteiger partial charge in [0, 0.05) is 12.1 Å². The van der Waals surface area contributed by atoms with Crippen molar-refractivity contribution in [3.05, 3.63) is 24.0 Å². The molecule has 0 bridgehead atoms. The van der Waals surface area contributed by atoms with Crippen LogP contribution in [0.15, 0.2) is 12.3 Å². The van der Waals surface area contributed by atoms with E-state index < -0.39 is 11.8 Å². The second-order valence-corrected chi connectivity index (χ2v) is 2.79. The fraction of sp³-hybridized carbons (Fsp3) is 0.375. The molecule has 0 aliphatic carbocycles. The van der Waals surface area contributed by atoms with E-state index in [1.54, 1.807) is 0 Å². The Bertz CT molecular complexity index is 274. The van der Waals surface area contributed by atoms with Crippen LogP contribution < -0.4 is 5.32 Å². The molecule has 0 radical (unpaired) electrons. The summed E-state index contributed by atoms with van der Waals surface area (Å²) in [7, 11) is 0. The summed E-state index contributed by atoms with van der Waals surface area (Å²) in [6.07, 6.45) is 1.14.